The molecule has 1 aliphatic heterocycles. The van der Waals surface area contributed by atoms with Crippen molar-refractivity contribution in [2.45, 2.75) is 13.8 Å². The SMILES string of the molecule is CCN1CCN(/C(=N\Nc2ccc(Br)cc2)C(C)=O)CC1. The Bertz CT molecular complexity index is 507. The predicted octanol–water partition coefficient (Wildman–Crippen LogP) is 2.40. The summed E-state index contributed by atoms with van der Waals surface area (Å²) in [6, 6.07) is 7.71. The van der Waals surface area contributed by atoms with Gasteiger partial charge in [-0.05, 0) is 30.8 Å². The van der Waals surface area contributed by atoms with Crippen LogP contribution in [-0.2, 0) is 4.79 Å². The molecule has 0 spiro atoms. The van der Waals surface area contributed by atoms with Crippen molar-refractivity contribution in [1.82, 2.24) is 9.80 Å². The number of hydrazone groups is 1. The number of Topliss-reactive ketones (excluding diaryl/α,β-unsaturated/α-hetero) is 1. The maximum atomic E-state index is 11.8. The molecule has 0 aromatic heterocycles. The Kier molecular flexibility index (Phi) is 5.76. The Morgan fingerprint density at radius 1 is 1.24 bits per heavy atom. The van der Waals surface area contributed by atoms with Crippen molar-refractivity contribution in [2.24, 2.45) is 5.10 Å². The molecule has 0 unspecified atom stereocenters. The van der Waals surface area contributed by atoms with Crippen LogP contribution >= 0.6 is 15.9 Å². The molecule has 1 aliphatic rings. The van der Waals surface area contributed by atoms with E-state index in [1.54, 1.807) is 6.92 Å². The third-order valence-corrected chi connectivity index (χ3v) is 4.10. The molecule has 0 radical (unpaired) electrons. The second-order valence-corrected chi connectivity index (χ2v) is 5.95. The Morgan fingerprint density at radius 3 is 2.38 bits per heavy atom. The average Bonchev–Trinajstić information content (AvgIpc) is 2.49. The van der Waals surface area contributed by atoms with Gasteiger partial charge in [-0.25, -0.2) is 0 Å². The number of benzene rings is 1. The number of halogens is 1. The molecule has 1 aromatic carbocycles. The molecular formula is C15H21BrN4O. The minimum Gasteiger partial charge on any atom is -0.350 e. The quantitative estimate of drug-likeness (QED) is 0.513. The highest BCUT2D eigenvalue weighted by molar-refractivity contribution is 9.10. The maximum absolute atomic E-state index is 11.8. The monoisotopic (exact) mass is 352 g/mol. The van der Waals surface area contributed by atoms with E-state index in [1.165, 1.54) is 0 Å². The molecule has 0 atom stereocenters. The van der Waals surface area contributed by atoms with Crippen molar-refractivity contribution in [2.75, 3.05) is 38.1 Å². The van der Waals surface area contributed by atoms with E-state index in [0.29, 0.717) is 5.84 Å². The Hall–Kier alpha value is -1.40. The Balaban J connectivity index is 2.03. The maximum Gasteiger partial charge on any atom is 0.196 e. The number of carbonyl (C=O) groups is 1. The van der Waals surface area contributed by atoms with Crippen LogP contribution in [0.25, 0.3) is 0 Å². The number of nitrogens with zero attached hydrogens (tertiary/aromatic N) is 3. The second kappa shape index (κ2) is 7.56. The first kappa shape index (κ1) is 16.0. The van der Waals surface area contributed by atoms with Gasteiger partial charge in [-0.3, -0.25) is 10.2 Å². The number of carbonyl (C=O) groups excluding carboxylic acids is 1. The van der Waals surface area contributed by atoms with Gasteiger partial charge >= 0.3 is 0 Å². The summed E-state index contributed by atoms with van der Waals surface area (Å²) < 4.78 is 1.01. The van der Waals surface area contributed by atoms with E-state index in [2.05, 4.69) is 43.2 Å². The van der Waals surface area contributed by atoms with Crippen molar-refractivity contribution < 1.29 is 4.79 Å². The normalized spacial score (nSPS) is 16.9. The highest BCUT2D eigenvalue weighted by atomic mass is 79.9. The fourth-order valence-corrected chi connectivity index (χ4v) is 2.55. The first-order chi connectivity index (χ1) is 10.1. The molecule has 114 valence electrons. The van der Waals surface area contributed by atoms with E-state index in [-0.39, 0.29) is 5.78 Å². The summed E-state index contributed by atoms with van der Waals surface area (Å²) >= 11 is 3.39. The van der Waals surface area contributed by atoms with Crippen LogP contribution < -0.4 is 5.43 Å². The molecule has 1 heterocycles. The lowest BCUT2D eigenvalue weighted by Gasteiger charge is -2.35. The van der Waals surface area contributed by atoms with Crippen LogP contribution in [0.2, 0.25) is 0 Å². The fraction of sp³-hybridized carbons (Fsp3) is 0.467. The van der Waals surface area contributed by atoms with Crippen molar-refractivity contribution in [3.63, 3.8) is 0 Å². The zero-order valence-corrected chi connectivity index (χ0v) is 14.1. The van der Waals surface area contributed by atoms with Gasteiger partial charge in [0.1, 0.15) is 0 Å². The summed E-state index contributed by atoms with van der Waals surface area (Å²) in [7, 11) is 0. The van der Waals surface area contributed by atoms with E-state index in [9.17, 15) is 4.79 Å². The summed E-state index contributed by atoms with van der Waals surface area (Å²) in [5, 5.41) is 4.31. The van der Waals surface area contributed by atoms with Crippen LogP contribution in [0.3, 0.4) is 0 Å². The molecule has 0 aliphatic carbocycles. The first-order valence-electron chi connectivity index (χ1n) is 7.17. The molecule has 1 N–H and O–H groups in total. The van der Waals surface area contributed by atoms with Crippen molar-refractivity contribution in [3.8, 4) is 0 Å². The van der Waals surface area contributed by atoms with Crippen LogP contribution in [0.15, 0.2) is 33.8 Å². The average molecular weight is 353 g/mol. The van der Waals surface area contributed by atoms with Gasteiger partial charge in [-0.15, -0.1) is 0 Å². The molecule has 0 saturated carbocycles. The van der Waals surface area contributed by atoms with Crippen LogP contribution in [0.1, 0.15) is 13.8 Å². The van der Waals surface area contributed by atoms with Gasteiger partial charge < -0.3 is 9.80 Å². The molecule has 5 nitrogen and oxygen atoms in total. The first-order valence-corrected chi connectivity index (χ1v) is 7.97. The standard InChI is InChI=1S/C15H21BrN4O/c1-3-19-8-10-20(11-9-19)15(12(2)21)18-17-14-6-4-13(16)5-7-14/h4-7,17H,3,8-11H2,1-2H3/b18-15-. The molecule has 21 heavy (non-hydrogen) atoms. The lowest BCUT2D eigenvalue weighted by Crippen LogP contribution is -2.50. The van der Waals surface area contributed by atoms with Gasteiger partial charge in [0.15, 0.2) is 11.6 Å². The highest BCUT2D eigenvalue weighted by Gasteiger charge is 2.21. The summed E-state index contributed by atoms with van der Waals surface area (Å²) in [6.45, 7) is 8.40. The van der Waals surface area contributed by atoms with Gasteiger partial charge in [0.25, 0.3) is 0 Å². The number of hydrogen-bond acceptors (Lipinski definition) is 4. The van der Waals surface area contributed by atoms with E-state index in [4.69, 9.17) is 0 Å². The van der Waals surface area contributed by atoms with E-state index < -0.39 is 0 Å². The summed E-state index contributed by atoms with van der Waals surface area (Å²) in [5.74, 6) is 0.498. The number of piperazine rings is 1. The van der Waals surface area contributed by atoms with Crippen LogP contribution in [0.4, 0.5) is 5.69 Å². The number of rotatable bonds is 4. The van der Waals surface area contributed by atoms with Crippen LogP contribution in [0.5, 0.6) is 0 Å². The topological polar surface area (TPSA) is 47.9 Å². The minimum absolute atomic E-state index is 0.00967. The number of ketones is 1. The molecule has 0 amide bonds. The number of anilines is 1. The van der Waals surface area contributed by atoms with Gasteiger partial charge in [0.05, 0.1) is 5.69 Å². The van der Waals surface area contributed by atoms with E-state index >= 15 is 0 Å². The van der Waals surface area contributed by atoms with Crippen LogP contribution in [-0.4, -0.2) is 54.1 Å². The zero-order chi connectivity index (χ0) is 15.2. The Morgan fingerprint density at radius 2 is 1.86 bits per heavy atom. The fourth-order valence-electron chi connectivity index (χ4n) is 2.29. The molecule has 6 heteroatoms. The zero-order valence-electron chi connectivity index (χ0n) is 12.5. The van der Waals surface area contributed by atoms with Gasteiger partial charge in [0.2, 0.25) is 0 Å². The number of likely N-dealkylation sites (N-methyl/N-ethyl adjacent to an activating group) is 1. The lowest BCUT2D eigenvalue weighted by molar-refractivity contribution is -0.111. The van der Waals surface area contributed by atoms with Gasteiger partial charge in [-0.2, -0.15) is 5.10 Å². The van der Waals surface area contributed by atoms with Gasteiger partial charge in [-0.1, -0.05) is 22.9 Å². The van der Waals surface area contributed by atoms with E-state index in [0.717, 1.165) is 42.9 Å². The van der Waals surface area contributed by atoms with Gasteiger partial charge in [0, 0.05) is 37.6 Å². The second-order valence-electron chi connectivity index (χ2n) is 5.03. The Labute approximate surface area is 134 Å². The molecule has 1 aromatic rings. The highest BCUT2D eigenvalue weighted by Crippen LogP contribution is 2.14. The number of nitrogens with one attached hydrogen (secondary N) is 1. The largest absolute Gasteiger partial charge is 0.350 e. The predicted molar refractivity (Wildman–Crippen MR) is 89.6 cm³/mol. The lowest BCUT2D eigenvalue weighted by atomic mass is 10.2. The molecule has 1 saturated heterocycles. The van der Waals surface area contributed by atoms with Crippen molar-refractivity contribution in [1.29, 1.82) is 0 Å². The third-order valence-electron chi connectivity index (χ3n) is 3.57. The van der Waals surface area contributed by atoms with Crippen molar-refractivity contribution >= 4 is 33.2 Å². The molecular weight excluding hydrogens is 332 g/mol. The van der Waals surface area contributed by atoms with E-state index in [1.807, 2.05) is 24.3 Å². The molecule has 1 fully saturated rings. The minimum atomic E-state index is -0.00967. The van der Waals surface area contributed by atoms with Crippen LogP contribution in [0, 0.1) is 0 Å². The smallest absolute Gasteiger partial charge is 0.196 e. The number of hydrogen-bond donors (Lipinski definition) is 1. The third kappa shape index (κ3) is 4.54. The molecule has 2 rings (SSSR count). The van der Waals surface area contributed by atoms with Crippen molar-refractivity contribution in [3.05, 3.63) is 28.7 Å². The molecule has 0 bridgehead atoms. The number of amidine groups is 1. The summed E-state index contributed by atoms with van der Waals surface area (Å²) in [6.07, 6.45) is 0. The summed E-state index contributed by atoms with van der Waals surface area (Å²) in [5.41, 5.74) is 3.83. The summed E-state index contributed by atoms with van der Waals surface area (Å²) in [4.78, 5) is 16.3.